The van der Waals surface area contributed by atoms with E-state index in [1.165, 1.54) is 51.9 Å². The van der Waals surface area contributed by atoms with Gasteiger partial charge >= 0.3 is 6.18 Å². The Morgan fingerprint density at radius 2 is 1.75 bits per heavy atom. The Kier molecular flexibility index (Phi) is 8.85. The molecule has 0 unspecified atom stereocenters. The van der Waals surface area contributed by atoms with Crippen molar-refractivity contribution in [3.63, 3.8) is 0 Å². The minimum atomic E-state index is -4.60. The predicted molar refractivity (Wildman–Crippen MR) is 121 cm³/mol. The molecule has 178 valence electrons. The van der Waals surface area contributed by atoms with Crippen LogP contribution in [-0.4, -0.2) is 48.9 Å². The van der Waals surface area contributed by atoms with Crippen LogP contribution in [0.3, 0.4) is 0 Å². The van der Waals surface area contributed by atoms with Gasteiger partial charge in [0.25, 0.3) is 0 Å². The summed E-state index contributed by atoms with van der Waals surface area (Å²) in [6.45, 7) is 9.21. The minimum absolute atomic E-state index is 0.152. The van der Waals surface area contributed by atoms with Crippen LogP contribution in [0.5, 0.6) is 0 Å². The van der Waals surface area contributed by atoms with Crippen molar-refractivity contribution < 1.29 is 21.6 Å². The standard InChI is InChI=1S/C14H15F3N4O2S.C7H15N/c1-3-24(22,23)21-11-7-9(14(15,16)17)4-5-10(11)13-8(2)6-12(18)19-20-13;1-2-8-6-4-3-5-7-8/h4-7,21H,3H2,1-2H3,(H2,18,19);2-7H2,1H3. The van der Waals surface area contributed by atoms with Gasteiger partial charge in [-0.1, -0.05) is 19.4 Å². The number of hydrogen-bond acceptors (Lipinski definition) is 6. The molecule has 1 aromatic heterocycles. The Morgan fingerprint density at radius 1 is 1.09 bits per heavy atom. The number of rotatable bonds is 5. The summed E-state index contributed by atoms with van der Waals surface area (Å²) in [5.41, 5.74) is 5.31. The molecule has 32 heavy (non-hydrogen) atoms. The van der Waals surface area contributed by atoms with Crippen LogP contribution in [0, 0.1) is 6.92 Å². The lowest BCUT2D eigenvalue weighted by atomic mass is 10.0. The average molecular weight is 474 g/mol. The monoisotopic (exact) mass is 473 g/mol. The number of aromatic nitrogens is 2. The summed E-state index contributed by atoms with van der Waals surface area (Å²) >= 11 is 0. The van der Waals surface area contributed by atoms with Crippen LogP contribution < -0.4 is 10.5 Å². The molecule has 0 saturated carbocycles. The molecule has 3 N–H and O–H groups in total. The number of nitrogens with two attached hydrogens (primary N) is 1. The van der Waals surface area contributed by atoms with Gasteiger partial charge in [0.15, 0.2) is 0 Å². The zero-order chi connectivity index (χ0) is 23.9. The van der Waals surface area contributed by atoms with E-state index in [1.807, 2.05) is 0 Å². The highest BCUT2D eigenvalue weighted by Crippen LogP contribution is 2.36. The molecule has 0 radical (unpaired) electrons. The summed E-state index contributed by atoms with van der Waals surface area (Å²) < 4.78 is 64.6. The zero-order valence-electron chi connectivity index (χ0n) is 18.5. The van der Waals surface area contributed by atoms with E-state index in [2.05, 4.69) is 26.7 Å². The minimum Gasteiger partial charge on any atom is -0.382 e. The molecule has 3 rings (SSSR count). The molecule has 2 aromatic rings. The smallest absolute Gasteiger partial charge is 0.382 e. The van der Waals surface area contributed by atoms with E-state index in [4.69, 9.17) is 5.73 Å². The number of sulfonamides is 1. The van der Waals surface area contributed by atoms with Crippen molar-refractivity contribution in [2.45, 2.75) is 46.2 Å². The van der Waals surface area contributed by atoms with Crippen molar-refractivity contribution in [3.05, 3.63) is 35.4 Å². The highest BCUT2D eigenvalue weighted by Gasteiger charge is 2.31. The molecule has 0 spiro atoms. The molecule has 1 aliphatic rings. The molecule has 0 aliphatic carbocycles. The number of halogens is 3. The highest BCUT2D eigenvalue weighted by atomic mass is 32.2. The summed E-state index contributed by atoms with van der Waals surface area (Å²) in [7, 11) is -3.78. The molecule has 0 amide bonds. The van der Waals surface area contributed by atoms with Crippen LogP contribution in [0.1, 0.15) is 44.2 Å². The third-order valence-corrected chi connectivity index (χ3v) is 6.44. The summed E-state index contributed by atoms with van der Waals surface area (Å²) in [6, 6.07) is 4.25. The maximum Gasteiger partial charge on any atom is 0.416 e. The van der Waals surface area contributed by atoms with Crippen molar-refractivity contribution in [2.75, 3.05) is 35.8 Å². The Bertz CT molecular complexity index is 1010. The van der Waals surface area contributed by atoms with Gasteiger partial charge in [0.05, 0.1) is 22.7 Å². The van der Waals surface area contributed by atoms with Crippen molar-refractivity contribution in [2.24, 2.45) is 0 Å². The molecule has 1 fully saturated rings. The molecule has 2 heterocycles. The van der Waals surface area contributed by atoms with Crippen molar-refractivity contribution >= 4 is 21.5 Å². The van der Waals surface area contributed by atoms with Crippen LogP contribution >= 0.6 is 0 Å². The highest BCUT2D eigenvalue weighted by molar-refractivity contribution is 7.92. The first kappa shape index (κ1) is 25.9. The van der Waals surface area contributed by atoms with Gasteiger partial charge < -0.3 is 10.6 Å². The van der Waals surface area contributed by atoms with E-state index in [1.54, 1.807) is 6.92 Å². The summed E-state index contributed by atoms with van der Waals surface area (Å²) in [4.78, 5) is 2.52. The Morgan fingerprint density at radius 3 is 2.25 bits per heavy atom. The molecule has 1 saturated heterocycles. The lowest BCUT2D eigenvalue weighted by Crippen LogP contribution is -2.29. The van der Waals surface area contributed by atoms with Gasteiger partial charge in [-0.05, 0) is 70.1 Å². The molecular formula is C21H30F3N5O2S. The third kappa shape index (κ3) is 7.33. The number of piperidine rings is 1. The molecule has 11 heteroatoms. The molecule has 1 aliphatic heterocycles. The molecule has 1 aromatic carbocycles. The van der Waals surface area contributed by atoms with E-state index < -0.39 is 21.8 Å². The topological polar surface area (TPSA) is 101 Å². The fourth-order valence-corrected chi connectivity index (χ4v) is 3.95. The van der Waals surface area contributed by atoms with Gasteiger partial charge in [-0.2, -0.15) is 13.2 Å². The zero-order valence-corrected chi connectivity index (χ0v) is 19.4. The van der Waals surface area contributed by atoms with Gasteiger partial charge in [0.1, 0.15) is 5.82 Å². The molecular weight excluding hydrogens is 443 g/mol. The molecule has 0 atom stereocenters. The predicted octanol–water partition coefficient (Wildman–Crippen LogP) is 4.31. The number of anilines is 2. The third-order valence-electron chi connectivity index (χ3n) is 5.15. The Labute approximate surface area is 187 Å². The molecule has 0 bridgehead atoms. The van der Waals surface area contributed by atoms with Gasteiger partial charge in [-0.25, -0.2) is 8.42 Å². The first-order chi connectivity index (χ1) is 15.0. The van der Waals surface area contributed by atoms with E-state index in [-0.39, 0.29) is 28.5 Å². The fourth-order valence-electron chi connectivity index (χ4n) is 3.30. The summed E-state index contributed by atoms with van der Waals surface area (Å²) in [5.74, 6) is -0.131. The largest absolute Gasteiger partial charge is 0.416 e. The van der Waals surface area contributed by atoms with Crippen molar-refractivity contribution in [1.82, 2.24) is 15.1 Å². The van der Waals surface area contributed by atoms with E-state index >= 15 is 0 Å². The second kappa shape index (κ2) is 11.0. The summed E-state index contributed by atoms with van der Waals surface area (Å²) in [5, 5.41) is 7.54. The quantitative estimate of drug-likeness (QED) is 0.671. The van der Waals surface area contributed by atoms with Gasteiger partial charge in [-0.3, -0.25) is 4.72 Å². The van der Waals surface area contributed by atoms with E-state index in [9.17, 15) is 21.6 Å². The van der Waals surface area contributed by atoms with E-state index in [0.717, 1.165) is 18.2 Å². The normalized spacial score (nSPS) is 15.1. The number of hydrogen-bond donors (Lipinski definition) is 2. The number of likely N-dealkylation sites (tertiary alicyclic amines) is 1. The van der Waals surface area contributed by atoms with Gasteiger partial charge in [0, 0.05) is 5.56 Å². The average Bonchev–Trinajstić information content (AvgIpc) is 2.74. The van der Waals surface area contributed by atoms with Crippen LogP contribution in [-0.2, 0) is 16.2 Å². The Hall–Kier alpha value is -2.40. The van der Waals surface area contributed by atoms with Crippen molar-refractivity contribution in [3.8, 4) is 11.3 Å². The second-order valence-corrected chi connectivity index (χ2v) is 9.57. The maximum atomic E-state index is 12.9. The Balaban J connectivity index is 0.000000380. The van der Waals surface area contributed by atoms with Crippen LogP contribution in [0.25, 0.3) is 11.3 Å². The first-order valence-corrected chi connectivity index (χ1v) is 12.2. The maximum absolute atomic E-state index is 12.9. The second-order valence-electron chi connectivity index (χ2n) is 7.56. The summed E-state index contributed by atoms with van der Waals surface area (Å²) in [6.07, 6.45) is -0.301. The van der Waals surface area contributed by atoms with E-state index in [0.29, 0.717) is 5.56 Å². The number of benzene rings is 1. The molecule has 7 nitrogen and oxygen atoms in total. The number of aryl methyl sites for hydroxylation is 1. The van der Waals surface area contributed by atoms with Gasteiger partial charge in [0.2, 0.25) is 10.0 Å². The lowest BCUT2D eigenvalue weighted by Gasteiger charge is -2.24. The SMILES string of the molecule is CCN1CCCCC1.CCS(=O)(=O)Nc1cc(C(F)(F)F)ccc1-c1nnc(N)cc1C. The number of nitrogens with one attached hydrogen (secondary N) is 1. The fraction of sp³-hybridized carbons (Fsp3) is 0.524. The van der Waals surface area contributed by atoms with Crippen LogP contribution in [0.4, 0.5) is 24.7 Å². The van der Waals surface area contributed by atoms with Crippen molar-refractivity contribution in [1.29, 1.82) is 0 Å². The van der Waals surface area contributed by atoms with Gasteiger partial charge in [-0.15, -0.1) is 10.2 Å². The lowest BCUT2D eigenvalue weighted by molar-refractivity contribution is -0.137. The number of nitrogens with zero attached hydrogens (tertiary/aromatic N) is 3. The number of nitrogen functional groups attached to an aromatic ring is 1. The number of alkyl halides is 3. The van der Waals surface area contributed by atoms with Crippen LogP contribution in [0.15, 0.2) is 24.3 Å². The van der Waals surface area contributed by atoms with Crippen LogP contribution in [0.2, 0.25) is 0 Å². The first-order valence-electron chi connectivity index (χ1n) is 10.5.